The van der Waals surface area contributed by atoms with E-state index in [9.17, 15) is 0 Å². The van der Waals surface area contributed by atoms with Gasteiger partial charge < -0.3 is 0 Å². The lowest BCUT2D eigenvalue weighted by atomic mass is 9.76. The van der Waals surface area contributed by atoms with E-state index in [2.05, 4.69) is 40.2 Å². The highest BCUT2D eigenvalue weighted by Gasteiger charge is 2.30. The third kappa shape index (κ3) is 2.44. The SMILES string of the molecule is CCC1CCC(Br)CC1c1ccn(C)n1. The Morgan fingerprint density at radius 1 is 1.53 bits per heavy atom. The van der Waals surface area contributed by atoms with E-state index in [4.69, 9.17) is 0 Å². The van der Waals surface area contributed by atoms with E-state index in [0.29, 0.717) is 10.7 Å². The highest BCUT2D eigenvalue weighted by Crippen LogP contribution is 2.41. The molecule has 0 amide bonds. The van der Waals surface area contributed by atoms with Gasteiger partial charge in [-0.2, -0.15) is 5.10 Å². The second kappa shape index (κ2) is 4.69. The first-order valence-electron chi connectivity index (χ1n) is 5.84. The minimum Gasteiger partial charge on any atom is -0.276 e. The molecule has 0 saturated heterocycles. The molecule has 2 rings (SSSR count). The number of hydrogen-bond acceptors (Lipinski definition) is 1. The van der Waals surface area contributed by atoms with Gasteiger partial charge in [0.1, 0.15) is 0 Å². The Kier molecular flexibility index (Phi) is 3.49. The zero-order valence-corrected chi connectivity index (χ0v) is 11.1. The molecule has 1 saturated carbocycles. The summed E-state index contributed by atoms with van der Waals surface area (Å²) < 4.78 is 1.92. The number of aryl methyl sites for hydroxylation is 1. The highest BCUT2D eigenvalue weighted by atomic mass is 79.9. The Morgan fingerprint density at radius 3 is 2.93 bits per heavy atom. The van der Waals surface area contributed by atoms with Crippen molar-refractivity contribution >= 4 is 15.9 Å². The molecule has 2 nitrogen and oxygen atoms in total. The lowest BCUT2D eigenvalue weighted by Crippen LogP contribution is -2.23. The Labute approximate surface area is 100 Å². The standard InChI is InChI=1S/C12H19BrN2/c1-3-9-4-5-10(13)8-11(9)12-6-7-15(2)14-12/h6-7,9-11H,3-5,8H2,1-2H3. The molecule has 0 aliphatic heterocycles. The molecular formula is C12H19BrN2. The third-order valence-electron chi connectivity index (χ3n) is 3.57. The molecule has 84 valence electrons. The first-order chi connectivity index (χ1) is 7.20. The van der Waals surface area contributed by atoms with Gasteiger partial charge >= 0.3 is 0 Å². The minimum atomic E-state index is 0.661. The average molecular weight is 271 g/mol. The van der Waals surface area contributed by atoms with Gasteiger partial charge in [0, 0.05) is 24.0 Å². The summed E-state index contributed by atoms with van der Waals surface area (Å²) >= 11 is 3.75. The summed E-state index contributed by atoms with van der Waals surface area (Å²) in [6.45, 7) is 2.30. The molecule has 1 aromatic rings. The molecule has 3 heteroatoms. The highest BCUT2D eigenvalue weighted by molar-refractivity contribution is 9.09. The average Bonchev–Trinajstić information content (AvgIpc) is 2.65. The fourth-order valence-corrected chi connectivity index (χ4v) is 3.33. The van der Waals surface area contributed by atoms with Gasteiger partial charge in [0.15, 0.2) is 0 Å². The van der Waals surface area contributed by atoms with Crippen LogP contribution in [0.4, 0.5) is 0 Å². The number of hydrogen-bond donors (Lipinski definition) is 0. The van der Waals surface area contributed by atoms with Crippen molar-refractivity contribution in [3.8, 4) is 0 Å². The monoisotopic (exact) mass is 270 g/mol. The Morgan fingerprint density at radius 2 is 2.33 bits per heavy atom. The van der Waals surface area contributed by atoms with Crippen LogP contribution in [0.5, 0.6) is 0 Å². The minimum absolute atomic E-state index is 0.661. The summed E-state index contributed by atoms with van der Waals surface area (Å²) in [6.07, 6.45) is 7.24. The molecule has 1 aliphatic rings. The van der Waals surface area contributed by atoms with E-state index < -0.39 is 0 Å². The molecule has 0 spiro atoms. The van der Waals surface area contributed by atoms with Crippen molar-refractivity contribution in [1.82, 2.24) is 9.78 Å². The molecular weight excluding hydrogens is 252 g/mol. The van der Waals surface area contributed by atoms with Crippen LogP contribution in [0.1, 0.15) is 44.2 Å². The van der Waals surface area contributed by atoms with Crippen molar-refractivity contribution in [2.75, 3.05) is 0 Å². The normalized spacial score (nSPS) is 31.8. The number of alkyl halides is 1. The van der Waals surface area contributed by atoms with E-state index in [-0.39, 0.29) is 0 Å². The van der Waals surface area contributed by atoms with Gasteiger partial charge in [-0.05, 0) is 31.2 Å². The van der Waals surface area contributed by atoms with Gasteiger partial charge in [-0.3, -0.25) is 4.68 Å². The summed E-state index contributed by atoms with van der Waals surface area (Å²) in [5.74, 6) is 1.49. The number of nitrogens with zero attached hydrogens (tertiary/aromatic N) is 2. The molecule has 3 atom stereocenters. The van der Waals surface area contributed by atoms with Crippen LogP contribution in [-0.4, -0.2) is 14.6 Å². The van der Waals surface area contributed by atoms with E-state index >= 15 is 0 Å². The maximum Gasteiger partial charge on any atom is 0.0658 e. The fourth-order valence-electron chi connectivity index (χ4n) is 2.66. The lowest BCUT2D eigenvalue weighted by molar-refractivity contribution is 0.302. The third-order valence-corrected chi connectivity index (χ3v) is 4.40. The number of halogens is 1. The second-order valence-corrected chi connectivity index (χ2v) is 5.89. The lowest BCUT2D eigenvalue weighted by Gasteiger charge is -2.32. The van der Waals surface area contributed by atoms with Crippen molar-refractivity contribution in [3.05, 3.63) is 18.0 Å². The molecule has 1 aromatic heterocycles. The Bertz CT molecular complexity index is 321. The smallest absolute Gasteiger partial charge is 0.0658 e. The molecule has 1 aliphatic carbocycles. The van der Waals surface area contributed by atoms with E-state index in [1.54, 1.807) is 0 Å². The fraction of sp³-hybridized carbons (Fsp3) is 0.750. The molecule has 1 heterocycles. The summed E-state index contributed by atoms with van der Waals surface area (Å²) in [5.41, 5.74) is 1.29. The predicted octanol–water partition coefficient (Wildman–Crippen LogP) is 3.48. The van der Waals surface area contributed by atoms with Crippen LogP contribution in [0.25, 0.3) is 0 Å². The molecule has 0 bridgehead atoms. The molecule has 3 unspecified atom stereocenters. The van der Waals surface area contributed by atoms with Gasteiger partial charge in [0.25, 0.3) is 0 Å². The van der Waals surface area contributed by atoms with Crippen LogP contribution >= 0.6 is 15.9 Å². The van der Waals surface area contributed by atoms with Crippen molar-refractivity contribution in [1.29, 1.82) is 0 Å². The molecule has 0 radical (unpaired) electrons. The van der Waals surface area contributed by atoms with E-state index in [1.165, 1.54) is 31.4 Å². The Hall–Kier alpha value is -0.310. The van der Waals surface area contributed by atoms with Crippen LogP contribution in [0.15, 0.2) is 12.3 Å². The van der Waals surface area contributed by atoms with Crippen LogP contribution in [0.2, 0.25) is 0 Å². The van der Waals surface area contributed by atoms with Crippen LogP contribution in [-0.2, 0) is 7.05 Å². The zero-order chi connectivity index (χ0) is 10.8. The van der Waals surface area contributed by atoms with Crippen molar-refractivity contribution in [2.24, 2.45) is 13.0 Å². The van der Waals surface area contributed by atoms with Crippen LogP contribution in [0, 0.1) is 5.92 Å². The Balaban J connectivity index is 2.16. The van der Waals surface area contributed by atoms with Gasteiger partial charge in [0.05, 0.1) is 5.69 Å². The molecule has 0 N–H and O–H groups in total. The van der Waals surface area contributed by atoms with Crippen LogP contribution in [0.3, 0.4) is 0 Å². The van der Waals surface area contributed by atoms with Crippen molar-refractivity contribution < 1.29 is 0 Å². The van der Waals surface area contributed by atoms with Gasteiger partial charge in [-0.15, -0.1) is 0 Å². The summed E-state index contributed by atoms with van der Waals surface area (Å²) in [5, 5.41) is 4.56. The summed E-state index contributed by atoms with van der Waals surface area (Å²) in [4.78, 5) is 0.687. The van der Waals surface area contributed by atoms with Gasteiger partial charge in [-0.1, -0.05) is 29.3 Å². The first kappa shape index (κ1) is 11.2. The number of rotatable bonds is 2. The maximum absolute atomic E-state index is 4.56. The summed E-state index contributed by atoms with van der Waals surface area (Å²) in [7, 11) is 2.00. The molecule has 1 fully saturated rings. The van der Waals surface area contributed by atoms with Gasteiger partial charge in [0.2, 0.25) is 0 Å². The van der Waals surface area contributed by atoms with Crippen molar-refractivity contribution in [3.63, 3.8) is 0 Å². The molecule has 0 aromatic carbocycles. The van der Waals surface area contributed by atoms with E-state index in [0.717, 1.165) is 5.92 Å². The molecule has 15 heavy (non-hydrogen) atoms. The quantitative estimate of drug-likeness (QED) is 0.753. The second-order valence-electron chi connectivity index (χ2n) is 4.60. The topological polar surface area (TPSA) is 17.8 Å². The largest absolute Gasteiger partial charge is 0.276 e. The van der Waals surface area contributed by atoms with Gasteiger partial charge in [-0.25, -0.2) is 0 Å². The zero-order valence-electron chi connectivity index (χ0n) is 9.49. The van der Waals surface area contributed by atoms with Crippen molar-refractivity contribution in [2.45, 2.75) is 43.4 Å². The predicted molar refractivity (Wildman–Crippen MR) is 66.3 cm³/mol. The summed E-state index contributed by atoms with van der Waals surface area (Å²) in [6, 6.07) is 2.18. The number of aromatic nitrogens is 2. The van der Waals surface area contributed by atoms with E-state index in [1.807, 2.05) is 11.7 Å². The van der Waals surface area contributed by atoms with Crippen LogP contribution < -0.4 is 0 Å². The maximum atomic E-state index is 4.56. The first-order valence-corrected chi connectivity index (χ1v) is 6.76.